The Morgan fingerprint density at radius 3 is 2.80 bits per heavy atom. The lowest BCUT2D eigenvalue weighted by Gasteiger charge is -2.29. The van der Waals surface area contributed by atoms with Crippen molar-refractivity contribution in [3.8, 4) is 0 Å². The molecule has 130 valence electrons. The molecule has 1 atom stereocenters. The summed E-state index contributed by atoms with van der Waals surface area (Å²) >= 11 is 0. The van der Waals surface area contributed by atoms with Gasteiger partial charge >= 0.3 is 11.9 Å². The maximum Gasteiger partial charge on any atom is 0.337 e. The number of dihydropyridines is 1. The van der Waals surface area contributed by atoms with E-state index in [2.05, 4.69) is 11.9 Å². The highest BCUT2D eigenvalue weighted by molar-refractivity contribution is 6.01. The van der Waals surface area contributed by atoms with Crippen LogP contribution in [0.15, 0.2) is 47.3 Å². The summed E-state index contributed by atoms with van der Waals surface area (Å²) in [6, 6.07) is 4.56. The Kier molecular flexibility index (Phi) is 4.20. The second-order valence-corrected chi connectivity index (χ2v) is 6.04. The van der Waals surface area contributed by atoms with E-state index in [4.69, 9.17) is 9.47 Å². The molecule has 0 aromatic heterocycles. The molecule has 1 aromatic rings. The average Bonchev–Trinajstić information content (AvgIpc) is 2.93. The Hall–Kier alpha value is -2.89. The number of hydrogen-bond acceptors (Lipinski definition) is 5. The Morgan fingerprint density at radius 1 is 1.44 bits per heavy atom. The molecule has 1 N–H and O–H groups in total. The molecular formula is C19H18FNO4. The molecule has 0 aliphatic carbocycles. The van der Waals surface area contributed by atoms with Crippen molar-refractivity contribution >= 4 is 17.5 Å². The van der Waals surface area contributed by atoms with Gasteiger partial charge in [0.1, 0.15) is 12.4 Å². The number of hydrogen-bond donors (Lipinski definition) is 1. The van der Waals surface area contributed by atoms with Crippen molar-refractivity contribution in [2.75, 3.05) is 13.7 Å². The van der Waals surface area contributed by atoms with Gasteiger partial charge in [0.05, 0.1) is 29.9 Å². The first-order chi connectivity index (χ1) is 11.9. The summed E-state index contributed by atoms with van der Waals surface area (Å²) in [6.07, 6.45) is 0. The summed E-state index contributed by atoms with van der Waals surface area (Å²) in [4.78, 5) is 24.7. The van der Waals surface area contributed by atoms with Gasteiger partial charge < -0.3 is 14.8 Å². The van der Waals surface area contributed by atoms with Crippen LogP contribution in [-0.2, 0) is 19.1 Å². The first-order valence-electron chi connectivity index (χ1n) is 7.77. The minimum absolute atomic E-state index is 0.0914. The van der Waals surface area contributed by atoms with Crippen molar-refractivity contribution in [2.24, 2.45) is 0 Å². The van der Waals surface area contributed by atoms with Gasteiger partial charge in [-0.2, -0.15) is 0 Å². The van der Waals surface area contributed by atoms with Crippen LogP contribution in [0.4, 0.5) is 4.39 Å². The van der Waals surface area contributed by atoms with Crippen LogP contribution in [0.2, 0.25) is 0 Å². The largest absolute Gasteiger partial charge is 0.466 e. The number of cyclic esters (lactones) is 1. The van der Waals surface area contributed by atoms with Crippen molar-refractivity contribution < 1.29 is 23.5 Å². The summed E-state index contributed by atoms with van der Waals surface area (Å²) in [7, 11) is 1.27. The van der Waals surface area contributed by atoms with Crippen LogP contribution >= 0.6 is 0 Å². The summed E-state index contributed by atoms with van der Waals surface area (Å²) in [5, 5.41) is 3.03. The Labute approximate surface area is 144 Å². The summed E-state index contributed by atoms with van der Waals surface area (Å²) in [5.74, 6) is -2.35. The van der Waals surface area contributed by atoms with Crippen molar-refractivity contribution in [3.05, 3.63) is 64.3 Å². The lowest BCUT2D eigenvalue weighted by molar-refractivity contribution is -0.136. The number of methoxy groups -OCH3 is 1. The van der Waals surface area contributed by atoms with E-state index in [0.29, 0.717) is 28.1 Å². The van der Waals surface area contributed by atoms with Crippen LogP contribution < -0.4 is 5.32 Å². The van der Waals surface area contributed by atoms with E-state index in [9.17, 15) is 14.0 Å². The summed E-state index contributed by atoms with van der Waals surface area (Å²) < 4.78 is 24.5. The van der Waals surface area contributed by atoms with Crippen LogP contribution in [0.5, 0.6) is 0 Å². The normalized spacial score (nSPS) is 19.4. The first-order valence-corrected chi connectivity index (χ1v) is 7.77. The number of halogens is 1. The maximum absolute atomic E-state index is 14.5. The molecule has 0 radical (unpaired) electrons. The number of benzene rings is 1. The molecule has 0 saturated carbocycles. The molecule has 1 unspecified atom stereocenters. The van der Waals surface area contributed by atoms with Crippen LogP contribution in [0.1, 0.15) is 30.9 Å². The predicted molar refractivity (Wildman–Crippen MR) is 89.7 cm³/mol. The fourth-order valence-electron chi connectivity index (χ4n) is 3.39. The topological polar surface area (TPSA) is 64.6 Å². The minimum Gasteiger partial charge on any atom is -0.466 e. The van der Waals surface area contributed by atoms with Crippen molar-refractivity contribution in [2.45, 2.75) is 19.8 Å². The summed E-state index contributed by atoms with van der Waals surface area (Å²) in [5.41, 5.74) is 2.97. The van der Waals surface area contributed by atoms with Crippen molar-refractivity contribution in [1.82, 2.24) is 5.32 Å². The molecule has 2 aliphatic heterocycles. The zero-order chi connectivity index (χ0) is 18.3. The van der Waals surface area contributed by atoms with Crippen LogP contribution in [0, 0.1) is 5.82 Å². The number of carbonyl (C=O) groups is 2. The van der Waals surface area contributed by atoms with Crippen LogP contribution in [0.3, 0.4) is 0 Å². The minimum atomic E-state index is -0.777. The van der Waals surface area contributed by atoms with E-state index in [0.717, 1.165) is 0 Å². The highest BCUT2D eigenvalue weighted by atomic mass is 19.1. The second-order valence-electron chi connectivity index (χ2n) is 6.04. The molecule has 25 heavy (non-hydrogen) atoms. The lowest BCUT2D eigenvalue weighted by atomic mass is 9.78. The number of esters is 2. The van der Waals surface area contributed by atoms with E-state index in [-0.39, 0.29) is 17.7 Å². The fourth-order valence-corrected chi connectivity index (χ4v) is 3.39. The highest BCUT2D eigenvalue weighted by Crippen LogP contribution is 2.43. The zero-order valence-corrected chi connectivity index (χ0v) is 14.2. The SMILES string of the molecule is C=C(C)c1c(F)cccc1C1C(C(=O)OC)=C(C)NC2=C1C(=O)OC2. The van der Waals surface area contributed by atoms with Crippen molar-refractivity contribution in [1.29, 1.82) is 0 Å². The maximum atomic E-state index is 14.5. The second kappa shape index (κ2) is 6.20. The van der Waals surface area contributed by atoms with Gasteiger partial charge in [0, 0.05) is 11.3 Å². The van der Waals surface area contributed by atoms with Gasteiger partial charge in [0.2, 0.25) is 0 Å². The Morgan fingerprint density at radius 2 is 2.16 bits per heavy atom. The molecule has 0 fully saturated rings. The van der Waals surface area contributed by atoms with E-state index in [1.165, 1.54) is 13.2 Å². The van der Waals surface area contributed by atoms with E-state index in [1.54, 1.807) is 26.0 Å². The molecule has 5 nitrogen and oxygen atoms in total. The molecule has 0 saturated heterocycles. The number of allylic oxidation sites excluding steroid dienone is 2. The van der Waals surface area contributed by atoms with E-state index >= 15 is 0 Å². The molecule has 1 aromatic carbocycles. The molecule has 0 spiro atoms. The monoisotopic (exact) mass is 343 g/mol. The number of rotatable bonds is 3. The number of nitrogens with one attached hydrogen (secondary N) is 1. The molecule has 2 heterocycles. The predicted octanol–water partition coefficient (Wildman–Crippen LogP) is 2.80. The third-order valence-electron chi connectivity index (χ3n) is 4.40. The Bertz CT molecular complexity index is 866. The molecular weight excluding hydrogens is 325 g/mol. The van der Waals surface area contributed by atoms with Crippen LogP contribution in [0.25, 0.3) is 5.57 Å². The number of ether oxygens (including phenoxy) is 2. The molecule has 0 bridgehead atoms. The molecule has 3 rings (SSSR count). The highest BCUT2D eigenvalue weighted by Gasteiger charge is 2.42. The lowest BCUT2D eigenvalue weighted by Crippen LogP contribution is -2.30. The van der Waals surface area contributed by atoms with Gasteiger partial charge in [-0.3, -0.25) is 0 Å². The van der Waals surface area contributed by atoms with Gasteiger partial charge in [-0.15, -0.1) is 0 Å². The third kappa shape index (κ3) is 2.63. The standard InChI is InChI=1S/C19H18FNO4/c1-9(2)14-11(6-5-7-12(14)20)16-15(18(22)24-4)10(3)21-13-8-25-19(23)17(13)16/h5-7,16,21H,1,8H2,2-4H3. The molecule has 2 aliphatic rings. The third-order valence-corrected chi connectivity index (χ3v) is 4.40. The van der Waals surface area contributed by atoms with Gasteiger partial charge in [-0.05, 0) is 31.1 Å². The van der Waals surface area contributed by atoms with Crippen molar-refractivity contribution in [3.63, 3.8) is 0 Å². The van der Waals surface area contributed by atoms with Crippen LogP contribution in [-0.4, -0.2) is 25.7 Å². The van der Waals surface area contributed by atoms with Gasteiger partial charge in [-0.1, -0.05) is 18.7 Å². The van der Waals surface area contributed by atoms with E-state index < -0.39 is 23.7 Å². The average molecular weight is 343 g/mol. The van der Waals surface area contributed by atoms with E-state index in [1.807, 2.05) is 0 Å². The van der Waals surface area contributed by atoms with Gasteiger partial charge in [0.25, 0.3) is 0 Å². The molecule has 6 heteroatoms. The first kappa shape index (κ1) is 17.0. The van der Waals surface area contributed by atoms with Gasteiger partial charge in [0.15, 0.2) is 0 Å². The smallest absolute Gasteiger partial charge is 0.337 e. The molecule has 0 amide bonds. The quantitative estimate of drug-likeness (QED) is 0.855. The van der Waals surface area contributed by atoms with Gasteiger partial charge in [-0.25, -0.2) is 14.0 Å². The number of carbonyl (C=O) groups excluding carboxylic acids is 2. The zero-order valence-electron chi connectivity index (χ0n) is 14.2. The Balaban J connectivity index is 2.30. The summed E-state index contributed by atoms with van der Waals surface area (Å²) in [6.45, 7) is 7.32. The fraction of sp³-hybridized carbons (Fsp3) is 0.263.